The first-order valence-corrected chi connectivity index (χ1v) is 10.5. The maximum Gasteiger partial charge on any atom is 0.416 e. The number of aliphatic carboxylic acids is 1. The van der Waals surface area contributed by atoms with Gasteiger partial charge in [0, 0.05) is 0 Å². The molecule has 2 aromatic carbocycles. The van der Waals surface area contributed by atoms with Crippen LogP contribution in [0.5, 0.6) is 5.75 Å². The van der Waals surface area contributed by atoms with Crippen LogP contribution >= 0.6 is 0 Å². The minimum absolute atomic E-state index is 0.0606. The number of oxime groups is 1. The van der Waals surface area contributed by atoms with Crippen molar-refractivity contribution in [3.8, 4) is 5.75 Å². The first kappa shape index (κ1) is 23.6. The van der Waals surface area contributed by atoms with E-state index in [0.717, 1.165) is 48.2 Å². The van der Waals surface area contributed by atoms with Crippen LogP contribution < -0.4 is 4.74 Å². The third kappa shape index (κ3) is 6.73. The molecule has 3 rings (SSSR count). The summed E-state index contributed by atoms with van der Waals surface area (Å²) in [4.78, 5) is 16.3. The van der Waals surface area contributed by atoms with Gasteiger partial charge in [0.15, 0.2) is 6.61 Å². The second-order valence-corrected chi connectivity index (χ2v) is 8.02. The lowest BCUT2D eigenvalue weighted by atomic mass is 9.95. The standard InChI is InChI=1S/C24H26F3NO4/c1-16-12-19(8-11-22(16)31-15-23(29)30)21(13-17-4-2-3-5-17)28-32-14-18-6-9-20(10-7-18)24(25,26)27/h6-12,17H,2-5,13-15H2,1H3,(H,29,30)/b28-21+. The van der Waals surface area contributed by atoms with Crippen molar-refractivity contribution in [3.05, 3.63) is 64.7 Å². The molecular formula is C24H26F3NO4. The molecule has 1 saturated carbocycles. The lowest BCUT2D eigenvalue weighted by molar-refractivity contribution is -0.139. The molecule has 2 aromatic rings. The van der Waals surface area contributed by atoms with Gasteiger partial charge in [0.2, 0.25) is 0 Å². The molecule has 0 bridgehead atoms. The van der Waals surface area contributed by atoms with Gasteiger partial charge in [-0.3, -0.25) is 0 Å². The van der Waals surface area contributed by atoms with Crippen molar-refractivity contribution in [2.45, 2.75) is 51.8 Å². The van der Waals surface area contributed by atoms with Crippen LogP contribution in [-0.2, 0) is 22.4 Å². The van der Waals surface area contributed by atoms with Gasteiger partial charge in [0.25, 0.3) is 0 Å². The Labute approximate surface area is 184 Å². The Kier molecular flexibility index (Phi) is 7.77. The highest BCUT2D eigenvalue weighted by atomic mass is 19.4. The lowest BCUT2D eigenvalue weighted by Gasteiger charge is -2.14. The molecule has 5 nitrogen and oxygen atoms in total. The number of alkyl halides is 3. The number of carboxylic acids is 1. The summed E-state index contributed by atoms with van der Waals surface area (Å²) in [7, 11) is 0. The normalized spacial score (nSPS) is 15.1. The van der Waals surface area contributed by atoms with E-state index in [-0.39, 0.29) is 6.61 Å². The second kappa shape index (κ2) is 10.5. The van der Waals surface area contributed by atoms with Crippen LogP contribution in [0.3, 0.4) is 0 Å². The molecule has 0 amide bonds. The van der Waals surface area contributed by atoms with E-state index in [1.807, 2.05) is 19.1 Å². The van der Waals surface area contributed by atoms with E-state index >= 15 is 0 Å². The summed E-state index contributed by atoms with van der Waals surface area (Å²) in [6.45, 7) is 1.47. The molecule has 1 aliphatic carbocycles. The van der Waals surface area contributed by atoms with Gasteiger partial charge in [0.05, 0.1) is 11.3 Å². The number of benzene rings is 2. The van der Waals surface area contributed by atoms with Crippen molar-refractivity contribution >= 4 is 11.7 Å². The van der Waals surface area contributed by atoms with Crippen molar-refractivity contribution in [1.29, 1.82) is 0 Å². The van der Waals surface area contributed by atoms with Crippen molar-refractivity contribution in [1.82, 2.24) is 0 Å². The molecule has 1 aliphatic rings. The third-order valence-corrected chi connectivity index (χ3v) is 5.50. The van der Waals surface area contributed by atoms with Crippen LogP contribution in [0.25, 0.3) is 0 Å². The topological polar surface area (TPSA) is 68.1 Å². The Hall–Kier alpha value is -3.03. The van der Waals surface area contributed by atoms with E-state index in [1.165, 1.54) is 25.0 Å². The van der Waals surface area contributed by atoms with E-state index in [0.29, 0.717) is 17.2 Å². The van der Waals surface area contributed by atoms with Crippen molar-refractivity contribution in [3.63, 3.8) is 0 Å². The average Bonchev–Trinajstić information content (AvgIpc) is 3.25. The summed E-state index contributed by atoms with van der Waals surface area (Å²) in [5.41, 5.74) is 2.29. The number of rotatable bonds is 9. The number of ether oxygens (including phenoxy) is 1. The zero-order chi connectivity index (χ0) is 23.1. The Morgan fingerprint density at radius 2 is 1.81 bits per heavy atom. The van der Waals surface area contributed by atoms with Crippen molar-refractivity contribution in [2.24, 2.45) is 11.1 Å². The van der Waals surface area contributed by atoms with Gasteiger partial charge in [0.1, 0.15) is 12.4 Å². The van der Waals surface area contributed by atoms with Crippen molar-refractivity contribution < 1.29 is 32.6 Å². The van der Waals surface area contributed by atoms with Crippen LogP contribution in [0.2, 0.25) is 0 Å². The van der Waals surface area contributed by atoms with Gasteiger partial charge in [-0.2, -0.15) is 13.2 Å². The van der Waals surface area contributed by atoms with Crippen LogP contribution in [0, 0.1) is 12.8 Å². The number of aryl methyl sites for hydroxylation is 1. The predicted octanol–water partition coefficient (Wildman–Crippen LogP) is 5.98. The highest BCUT2D eigenvalue weighted by Gasteiger charge is 2.29. The first-order valence-electron chi connectivity index (χ1n) is 10.5. The Bertz CT molecular complexity index is 949. The maximum absolute atomic E-state index is 12.7. The Morgan fingerprint density at radius 3 is 2.41 bits per heavy atom. The number of hydrogen-bond donors (Lipinski definition) is 1. The summed E-state index contributed by atoms with van der Waals surface area (Å²) >= 11 is 0. The molecule has 0 heterocycles. The molecule has 0 atom stereocenters. The van der Waals surface area contributed by atoms with Crippen LogP contribution in [-0.4, -0.2) is 23.4 Å². The van der Waals surface area contributed by atoms with Gasteiger partial charge in [-0.1, -0.05) is 43.0 Å². The zero-order valence-electron chi connectivity index (χ0n) is 17.8. The van der Waals surface area contributed by atoms with E-state index in [4.69, 9.17) is 14.7 Å². The van der Waals surface area contributed by atoms with Crippen LogP contribution in [0.1, 0.15) is 54.4 Å². The Balaban J connectivity index is 1.72. The predicted molar refractivity (Wildman–Crippen MR) is 114 cm³/mol. The summed E-state index contributed by atoms with van der Waals surface area (Å²) < 4.78 is 43.4. The molecule has 172 valence electrons. The van der Waals surface area contributed by atoms with Crippen molar-refractivity contribution in [2.75, 3.05) is 6.61 Å². The van der Waals surface area contributed by atoms with Gasteiger partial charge >= 0.3 is 12.1 Å². The fourth-order valence-corrected chi connectivity index (χ4v) is 3.80. The van der Waals surface area contributed by atoms with Gasteiger partial charge in [-0.25, -0.2) is 4.79 Å². The quantitative estimate of drug-likeness (QED) is 0.378. The molecule has 32 heavy (non-hydrogen) atoms. The van der Waals surface area contributed by atoms with Gasteiger partial charge in [-0.05, 0) is 66.3 Å². The first-order chi connectivity index (χ1) is 15.2. The maximum atomic E-state index is 12.7. The molecule has 0 saturated heterocycles. The fraction of sp³-hybridized carbons (Fsp3) is 0.417. The summed E-state index contributed by atoms with van der Waals surface area (Å²) in [5, 5.41) is 13.1. The number of carboxylic acid groups (broad SMARTS) is 1. The number of nitrogens with zero attached hydrogens (tertiary/aromatic N) is 1. The molecule has 8 heteroatoms. The van der Waals surface area contributed by atoms with Gasteiger partial charge in [-0.15, -0.1) is 0 Å². The molecule has 0 radical (unpaired) electrons. The number of carbonyl (C=O) groups is 1. The van der Waals surface area contributed by atoms with Crippen LogP contribution in [0.4, 0.5) is 13.2 Å². The summed E-state index contributed by atoms with van der Waals surface area (Å²) in [6.07, 6.45) is 0.982. The third-order valence-electron chi connectivity index (χ3n) is 5.50. The minimum Gasteiger partial charge on any atom is -0.482 e. The van der Waals surface area contributed by atoms with E-state index in [2.05, 4.69) is 5.16 Å². The minimum atomic E-state index is -4.37. The highest BCUT2D eigenvalue weighted by molar-refractivity contribution is 6.00. The molecule has 0 spiro atoms. The highest BCUT2D eigenvalue weighted by Crippen LogP contribution is 2.31. The molecule has 0 aromatic heterocycles. The molecular weight excluding hydrogens is 423 g/mol. The lowest BCUT2D eigenvalue weighted by Crippen LogP contribution is -2.11. The zero-order valence-corrected chi connectivity index (χ0v) is 17.8. The Morgan fingerprint density at radius 1 is 1.12 bits per heavy atom. The van der Waals surface area contributed by atoms with Crippen LogP contribution in [0.15, 0.2) is 47.6 Å². The number of hydrogen-bond acceptors (Lipinski definition) is 4. The average molecular weight is 449 g/mol. The van der Waals surface area contributed by atoms with E-state index < -0.39 is 24.3 Å². The molecule has 1 fully saturated rings. The fourth-order valence-electron chi connectivity index (χ4n) is 3.80. The molecule has 0 aliphatic heterocycles. The molecule has 1 N–H and O–H groups in total. The summed E-state index contributed by atoms with van der Waals surface area (Å²) in [6, 6.07) is 10.2. The molecule has 0 unspecified atom stereocenters. The smallest absolute Gasteiger partial charge is 0.416 e. The van der Waals surface area contributed by atoms with E-state index in [1.54, 1.807) is 6.07 Å². The largest absolute Gasteiger partial charge is 0.482 e. The monoisotopic (exact) mass is 449 g/mol. The van der Waals surface area contributed by atoms with Gasteiger partial charge < -0.3 is 14.7 Å². The second-order valence-electron chi connectivity index (χ2n) is 8.02. The SMILES string of the molecule is Cc1cc(/C(CC2CCCC2)=N/OCc2ccc(C(F)(F)F)cc2)ccc1OCC(=O)O. The van der Waals surface area contributed by atoms with E-state index in [9.17, 15) is 18.0 Å². The number of halogens is 3. The summed E-state index contributed by atoms with van der Waals surface area (Å²) in [5.74, 6) is -0.0534.